The number of nitrogens with zero attached hydrogens (tertiary/aromatic N) is 1. The average molecular weight is 226 g/mol. The fourth-order valence-corrected chi connectivity index (χ4v) is 1.25. The molecule has 0 saturated carbocycles. The SMILES string of the molecule is O=C(Cl)c1ccnc(C(F)F)c1Cl. The lowest BCUT2D eigenvalue weighted by atomic mass is 10.2. The number of hydrogen-bond donors (Lipinski definition) is 0. The Hall–Kier alpha value is -0.740. The van der Waals surface area contributed by atoms with Gasteiger partial charge in [-0.2, -0.15) is 0 Å². The van der Waals surface area contributed by atoms with Gasteiger partial charge in [-0.3, -0.25) is 9.78 Å². The second-order valence-electron chi connectivity index (χ2n) is 2.13. The van der Waals surface area contributed by atoms with E-state index < -0.39 is 22.4 Å². The lowest BCUT2D eigenvalue weighted by Crippen LogP contribution is -1.98. The minimum absolute atomic E-state index is 0.159. The van der Waals surface area contributed by atoms with Crippen molar-refractivity contribution in [3.8, 4) is 0 Å². The van der Waals surface area contributed by atoms with Crippen LogP contribution in [0.15, 0.2) is 12.3 Å². The second-order valence-corrected chi connectivity index (χ2v) is 2.85. The maximum absolute atomic E-state index is 12.2. The fraction of sp³-hybridized carbons (Fsp3) is 0.143. The summed E-state index contributed by atoms with van der Waals surface area (Å²) in [5.74, 6) is 0. The molecule has 0 radical (unpaired) electrons. The summed E-state index contributed by atoms with van der Waals surface area (Å²) < 4.78 is 24.3. The van der Waals surface area contributed by atoms with Gasteiger partial charge in [0.25, 0.3) is 11.7 Å². The molecule has 13 heavy (non-hydrogen) atoms. The lowest BCUT2D eigenvalue weighted by Gasteiger charge is -2.03. The summed E-state index contributed by atoms with van der Waals surface area (Å²) in [5.41, 5.74) is -0.790. The van der Waals surface area contributed by atoms with E-state index in [1.807, 2.05) is 0 Å². The molecule has 0 aliphatic carbocycles. The van der Waals surface area contributed by atoms with Crippen molar-refractivity contribution in [2.45, 2.75) is 6.43 Å². The maximum Gasteiger partial charge on any atom is 0.281 e. The summed E-state index contributed by atoms with van der Waals surface area (Å²) in [6.45, 7) is 0. The summed E-state index contributed by atoms with van der Waals surface area (Å²) in [7, 11) is 0. The third-order valence-corrected chi connectivity index (χ3v) is 1.94. The van der Waals surface area contributed by atoms with Crippen molar-refractivity contribution in [1.29, 1.82) is 0 Å². The van der Waals surface area contributed by atoms with Crippen LogP contribution in [0.5, 0.6) is 0 Å². The van der Waals surface area contributed by atoms with Gasteiger partial charge in [-0.05, 0) is 17.7 Å². The molecule has 1 aromatic heterocycles. The molecule has 6 heteroatoms. The van der Waals surface area contributed by atoms with Crippen LogP contribution in [-0.4, -0.2) is 10.2 Å². The van der Waals surface area contributed by atoms with Crippen molar-refractivity contribution in [3.63, 3.8) is 0 Å². The molecule has 70 valence electrons. The molecule has 1 aromatic rings. The monoisotopic (exact) mass is 225 g/mol. The summed E-state index contributed by atoms with van der Waals surface area (Å²) >= 11 is 10.5. The predicted octanol–water partition coefficient (Wildman–Crippen LogP) is 3.05. The van der Waals surface area contributed by atoms with E-state index in [0.29, 0.717) is 0 Å². The van der Waals surface area contributed by atoms with Crippen LogP contribution in [0, 0.1) is 0 Å². The van der Waals surface area contributed by atoms with Gasteiger partial charge in [0, 0.05) is 6.20 Å². The second kappa shape index (κ2) is 3.98. The quantitative estimate of drug-likeness (QED) is 0.725. The van der Waals surface area contributed by atoms with Crippen LogP contribution in [0.4, 0.5) is 8.78 Å². The number of hydrogen-bond acceptors (Lipinski definition) is 2. The molecule has 0 aliphatic rings. The largest absolute Gasteiger partial charge is 0.281 e. The third-order valence-electron chi connectivity index (χ3n) is 1.33. The first-order chi connectivity index (χ1) is 6.04. The van der Waals surface area contributed by atoms with Crippen LogP contribution in [-0.2, 0) is 0 Å². The molecule has 2 nitrogen and oxygen atoms in total. The summed E-state index contributed by atoms with van der Waals surface area (Å²) in [6.07, 6.45) is -1.76. The molecule has 0 fully saturated rings. The normalized spacial score (nSPS) is 10.5. The zero-order valence-electron chi connectivity index (χ0n) is 6.10. The summed E-state index contributed by atoms with van der Waals surface area (Å²) in [5, 5.41) is -1.27. The van der Waals surface area contributed by atoms with E-state index in [1.165, 1.54) is 6.07 Å². The van der Waals surface area contributed by atoms with Gasteiger partial charge >= 0.3 is 0 Å². The van der Waals surface area contributed by atoms with E-state index in [4.69, 9.17) is 23.2 Å². The Labute approximate surface area is 82.5 Å². The molecule has 0 atom stereocenters. The number of alkyl halides is 2. The molecule has 0 N–H and O–H groups in total. The molecule has 0 bridgehead atoms. The zero-order valence-corrected chi connectivity index (χ0v) is 7.61. The number of pyridine rings is 1. The predicted molar refractivity (Wildman–Crippen MR) is 44.4 cm³/mol. The van der Waals surface area contributed by atoms with Gasteiger partial charge in [0.1, 0.15) is 5.69 Å². The first kappa shape index (κ1) is 10.3. The first-order valence-electron chi connectivity index (χ1n) is 3.16. The maximum atomic E-state index is 12.2. The molecule has 0 unspecified atom stereocenters. The van der Waals surface area contributed by atoms with Gasteiger partial charge in [-0.1, -0.05) is 11.6 Å². The fourth-order valence-electron chi connectivity index (χ4n) is 0.764. The molecule has 0 amide bonds. The van der Waals surface area contributed by atoms with Gasteiger partial charge in [-0.25, -0.2) is 8.78 Å². The van der Waals surface area contributed by atoms with Crippen LogP contribution in [0.1, 0.15) is 22.5 Å². The molecule has 0 saturated heterocycles. The highest BCUT2D eigenvalue weighted by molar-refractivity contribution is 6.68. The Balaban J connectivity index is 3.26. The van der Waals surface area contributed by atoms with E-state index in [2.05, 4.69) is 4.98 Å². The molecular weight excluding hydrogens is 223 g/mol. The van der Waals surface area contributed by atoms with E-state index in [0.717, 1.165) is 6.20 Å². The summed E-state index contributed by atoms with van der Waals surface area (Å²) in [4.78, 5) is 14.0. The van der Waals surface area contributed by atoms with Crippen molar-refractivity contribution in [3.05, 3.63) is 28.5 Å². The average Bonchev–Trinajstić information content (AvgIpc) is 2.03. The number of rotatable bonds is 2. The molecule has 1 rings (SSSR count). The van der Waals surface area contributed by atoms with Gasteiger partial charge in [0.2, 0.25) is 0 Å². The molecule has 0 aliphatic heterocycles. The smallest absolute Gasteiger partial charge is 0.276 e. The first-order valence-corrected chi connectivity index (χ1v) is 3.92. The minimum Gasteiger partial charge on any atom is -0.276 e. The highest BCUT2D eigenvalue weighted by Gasteiger charge is 2.18. The van der Waals surface area contributed by atoms with Crippen LogP contribution >= 0.6 is 23.2 Å². The van der Waals surface area contributed by atoms with Crippen molar-refractivity contribution >= 4 is 28.4 Å². The van der Waals surface area contributed by atoms with Crippen molar-refractivity contribution in [2.24, 2.45) is 0 Å². The van der Waals surface area contributed by atoms with E-state index >= 15 is 0 Å². The number of carbonyl (C=O) groups is 1. The Morgan fingerprint density at radius 2 is 2.15 bits per heavy atom. The van der Waals surface area contributed by atoms with Crippen molar-refractivity contribution < 1.29 is 13.6 Å². The summed E-state index contributed by atoms with van der Waals surface area (Å²) in [6, 6.07) is 1.18. The highest BCUT2D eigenvalue weighted by atomic mass is 35.5. The van der Waals surface area contributed by atoms with Gasteiger partial charge in [0.05, 0.1) is 10.6 Å². The Kier molecular flexibility index (Phi) is 3.17. The third kappa shape index (κ3) is 2.14. The van der Waals surface area contributed by atoms with E-state index in [9.17, 15) is 13.6 Å². The van der Waals surface area contributed by atoms with Crippen LogP contribution < -0.4 is 0 Å². The van der Waals surface area contributed by atoms with E-state index in [-0.39, 0.29) is 5.56 Å². The van der Waals surface area contributed by atoms with Crippen molar-refractivity contribution in [1.82, 2.24) is 4.98 Å². The van der Waals surface area contributed by atoms with Crippen LogP contribution in [0.3, 0.4) is 0 Å². The highest BCUT2D eigenvalue weighted by Crippen LogP contribution is 2.28. The Morgan fingerprint density at radius 1 is 1.54 bits per heavy atom. The molecule has 0 aromatic carbocycles. The van der Waals surface area contributed by atoms with E-state index in [1.54, 1.807) is 0 Å². The topological polar surface area (TPSA) is 30.0 Å². The minimum atomic E-state index is -2.82. The molecule has 1 heterocycles. The van der Waals surface area contributed by atoms with Crippen molar-refractivity contribution in [2.75, 3.05) is 0 Å². The standard InChI is InChI=1S/C7H3Cl2F2NO/c8-4-3(6(9)13)1-2-12-5(4)7(10)11/h1-2,7H. The number of carbonyl (C=O) groups excluding carboxylic acids is 1. The van der Waals surface area contributed by atoms with Gasteiger partial charge in [-0.15, -0.1) is 0 Å². The van der Waals surface area contributed by atoms with Gasteiger partial charge < -0.3 is 0 Å². The van der Waals surface area contributed by atoms with Crippen LogP contribution in [0.25, 0.3) is 0 Å². The Morgan fingerprint density at radius 3 is 2.62 bits per heavy atom. The van der Waals surface area contributed by atoms with Crippen LogP contribution in [0.2, 0.25) is 5.02 Å². The van der Waals surface area contributed by atoms with Gasteiger partial charge in [0.15, 0.2) is 0 Å². The Bertz CT molecular complexity index is 343. The lowest BCUT2D eigenvalue weighted by molar-refractivity contribution is 0.108. The molecule has 0 spiro atoms. The zero-order chi connectivity index (χ0) is 10.0. The molecular formula is C7H3Cl2F2NO. The number of aromatic nitrogens is 1. The number of halogens is 4.